The molecule has 1 aliphatic heterocycles. The minimum atomic E-state index is 0.990. The summed E-state index contributed by atoms with van der Waals surface area (Å²) in [6, 6.07) is 26.1. The first-order valence-electron chi connectivity index (χ1n) is 7.85. The minimum absolute atomic E-state index is 0.990. The van der Waals surface area contributed by atoms with Gasteiger partial charge in [-0.05, 0) is 41.5 Å². The number of anilines is 2. The van der Waals surface area contributed by atoms with Gasteiger partial charge in [-0.15, -0.1) is 0 Å². The van der Waals surface area contributed by atoms with Crippen molar-refractivity contribution in [1.29, 1.82) is 0 Å². The van der Waals surface area contributed by atoms with Crippen LogP contribution in [0.1, 0.15) is 11.1 Å². The Bertz CT molecular complexity index is 896. The van der Waals surface area contributed by atoms with Crippen LogP contribution >= 0.6 is 11.8 Å². The third kappa shape index (κ3) is 2.02. The number of nitrogens with zero attached hydrogens (tertiary/aromatic N) is 1. The highest BCUT2D eigenvalue weighted by Gasteiger charge is 2.27. The van der Waals surface area contributed by atoms with Crippen molar-refractivity contribution in [3.05, 3.63) is 89.6 Å². The fraction of sp³-hybridized carbons (Fsp3) is 0.0476. The summed E-state index contributed by atoms with van der Waals surface area (Å²) in [5.74, 6) is 0. The van der Waals surface area contributed by atoms with E-state index in [0.29, 0.717) is 0 Å². The third-order valence-corrected chi connectivity index (χ3v) is 5.60. The molecule has 3 aromatic carbocycles. The van der Waals surface area contributed by atoms with Gasteiger partial charge in [0.1, 0.15) is 0 Å². The second-order valence-electron chi connectivity index (χ2n) is 5.88. The van der Waals surface area contributed by atoms with Crippen LogP contribution in [-0.4, -0.2) is 0 Å². The zero-order valence-electron chi connectivity index (χ0n) is 12.6. The van der Waals surface area contributed by atoms with Crippen LogP contribution in [0.15, 0.2) is 88.3 Å². The van der Waals surface area contributed by atoms with Crippen LogP contribution in [0.3, 0.4) is 0 Å². The van der Waals surface area contributed by atoms with Crippen LogP contribution in [0.2, 0.25) is 0 Å². The first-order valence-corrected chi connectivity index (χ1v) is 8.66. The van der Waals surface area contributed by atoms with Crippen molar-refractivity contribution in [2.45, 2.75) is 16.2 Å². The Morgan fingerprint density at radius 2 is 1.30 bits per heavy atom. The van der Waals surface area contributed by atoms with E-state index in [1.54, 1.807) is 0 Å². The van der Waals surface area contributed by atoms with Crippen molar-refractivity contribution in [3.8, 4) is 0 Å². The Labute approximate surface area is 140 Å². The summed E-state index contributed by atoms with van der Waals surface area (Å²) in [5, 5.41) is 0. The molecule has 0 radical (unpaired) electrons. The standard InChI is InChI=1S/C21H15NS/c1-2-8-16-14-17(13-15(16)7-1)22-18-9-3-5-11-20(18)23-21-12-6-4-10-19(21)22/h1-13H,14H2. The molecule has 0 saturated carbocycles. The van der Waals surface area contributed by atoms with Crippen LogP contribution in [0.5, 0.6) is 0 Å². The first kappa shape index (κ1) is 13.0. The quantitative estimate of drug-likeness (QED) is 0.551. The largest absolute Gasteiger partial charge is 0.312 e. The summed E-state index contributed by atoms with van der Waals surface area (Å²) in [6.45, 7) is 0. The number of fused-ring (bicyclic) bond motifs is 3. The molecule has 1 aliphatic carbocycles. The normalized spacial score (nSPS) is 14.8. The lowest BCUT2D eigenvalue weighted by atomic mass is 10.1. The highest BCUT2D eigenvalue weighted by atomic mass is 32.2. The van der Waals surface area contributed by atoms with Crippen molar-refractivity contribution < 1.29 is 0 Å². The van der Waals surface area contributed by atoms with E-state index in [1.807, 2.05) is 11.8 Å². The summed E-state index contributed by atoms with van der Waals surface area (Å²) >= 11 is 1.86. The zero-order valence-corrected chi connectivity index (χ0v) is 13.4. The maximum absolute atomic E-state index is 2.43. The summed E-state index contributed by atoms with van der Waals surface area (Å²) in [5.41, 5.74) is 6.68. The van der Waals surface area contributed by atoms with Gasteiger partial charge in [-0.3, -0.25) is 0 Å². The Morgan fingerprint density at radius 3 is 2.00 bits per heavy atom. The number of hydrogen-bond acceptors (Lipinski definition) is 2. The summed E-state index contributed by atoms with van der Waals surface area (Å²) in [6.07, 6.45) is 3.32. The molecule has 3 aromatic rings. The molecule has 1 heterocycles. The van der Waals surface area contributed by atoms with Gasteiger partial charge >= 0.3 is 0 Å². The van der Waals surface area contributed by atoms with Gasteiger partial charge in [-0.2, -0.15) is 0 Å². The van der Waals surface area contributed by atoms with Gasteiger partial charge in [0.05, 0.1) is 11.4 Å². The molecule has 0 N–H and O–H groups in total. The van der Waals surface area contributed by atoms with Gasteiger partial charge in [-0.1, -0.05) is 60.3 Å². The van der Waals surface area contributed by atoms with Crippen LogP contribution in [0.25, 0.3) is 6.08 Å². The maximum atomic E-state index is 2.43. The van der Waals surface area contributed by atoms with Gasteiger partial charge in [0.25, 0.3) is 0 Å². The van der Waals surface area contributed by atoms with Crippen LogP contribution in [0, 0.1) is 0 Å². The SMILES string of the molecule is C1=C(N2c3ccccc3Sc3ccccc32)Cc2ccccc21. The predicted octanol–water partition coefficient (Wildman–Crippen LogP) is 5.89. The number of para-hydroxylation sites is 2. The average molecular weight is 313 g/mol. The lowest BCUT2D eigenvalue weighted by molar-refractivity contribution is 1.04. The molecule has 0 unspecified atom stereocenters. The Kier molecular flexibility index (Phi) is 2.85. The van der Waals surface area contributed by atoms with Crippen molar-refractivity contribution in [2.24, 2.45) is 0 Å². The molecule has 1 nitrogen and oxygen atoms in total. The third-order valence-electron chi connectivity index (χ3n) is 4.47. The average Bonchev–Trinajstić information content (AvgIpc) is 3.03. The van der Waals surface area contributed by atoms with E-state index in [2.05, 4.69) is 83.8 Å². The van der Waals surface area contributed by atoms with E-state index >= 15 is 0 Å². The molecule has 0 saturated heterocycles. The highest BCUT2D eigenvalue weighted by molar-refractivity contribution is 7.99. The van der Waals surface area contributed by atoms with Crippen molar-refractivity contribution in [2.75, 3.05) is 4.90 Å². The summed E-state index contributed by atoms with van der Waals surface area (Å²) in [7, 11) is 0. The van der Waals surface area contributed by atoms with Gasteiger partial charge in [-0.25, -0.2) is 0 Å². The van der Waals surface area contributed by atoms with Crippen molar-refractivity contribution >= 4 is 29.2 Å². The fourth-order valence-corrected chi connectivity index (χ4v) is 4.48. The molecule has 0 atom stereocenters. The summed E-state index contributed by atoms with van der Waals surface area (Å²) < 4.78 is 0. The molecule has 23 heavy (non-hydrogen) atoms. The van der Waals surface area contributed by atoms with E-state index < -0.39 is 0 Å². The monoisotopic (exact) mass is 313 g/mol. The number of benzene rings is 3. The Morgan fingerprint density at radius 1 is 0.696 bits per heavy atom. The van der Waals surface area contributed by atoms with E-state index in [-0.39, 0.29) is 0 Å². The van der Waals surface area contributed by atoms with Crippen LogP contribution in [0.4, 0.5) is 11.4 Å². The Hall–Kier alpha value is -2.45. The zero-order chi connectivity index (χ0) is 15.2. The second-order valence-corrected chi connectivity index (χ2v) is 6.97. The predicted molar refractivity (Wildman–Crippen MR) is 97.3 cm³/mol. The highest BCUT2D eigenvalue weighted by Crippen LogP contribution is 2.50. The van der Waals surface area contributed by atoms with E-state index in [4.69, 9.17) is 0 Å². The topological polar surface area (TPSA) is 3.24 Å². The minimum Gasteiger partial charge on any atom is -0.312 e. The van der Waals surface area contributed by atoms with Crippen LogP contribution in [-0.2, 0) is 6.42 Å². The molecule has 0 spiro atoms. The maximum Gasteiger partial charge on any atom is 0.0598 e. The second kappa shape index (κ2) is 5.04. The molecule has 2 heteroatoms. The molecule has 110 valence electrons. The molecule has 2 aliphatic rings. The van der Waals surface area contributed by atoms with E-state index in [0.717, 1.165) is 6.42 Å². The molecular formula is C21H15NS. The van der Waals surface area contributed by atoms with Crippen molar-refractivity contribution in [3.63, 3.8) is 0 Å². The number of allylic oxidation sites excluding steroid dienone is 1. The van der Waals surface area contributed by atoms with Gasteiger partial charge < -0.3 is 4.90 Å². The first-order chi connectivity index (χ1) is 11.4. The number of hydrogen-bond donors (Lipinski definition) is 0. The van der Waals surface area contributed by atoms with Crippen molar-refractivity contribution in [1.82, 2.24) is 0 Å². The van der Waals surface area contributed by atoms with Gasteiger partial charge in [0, 0.05) is 21.9 Å². The lowest BCUT2D eigenvalue weighted by Crippen LogP contribution is -2.20. The molecule has 5 rings (SSSR count). The molecule has 0 fully saturated rings. The van der Waals surface area contributed by atoms with Gasteiger partial charge in [0.2, 0.25) is 0 Å². The van der Waals surface area contributed by atoms with Crippen LogP contribution < -0.4 is 4.90 Å². The Balaban J connectivity index is 1.69. The molecule has 0 amide bonds. The number of rotatable bonds is 1. The van der Waals surface area contributed by atoms with E-state index in [9.17, 15) is 0 Å². The molecule has 0 aromatic heterocycles. The summed E-state index contributed by atoms with van der Waals surface area (Å²) in [4.78, 5) is 5.08. The smallest absolute Gasteiger partial charge is 0.0598 e. The molecular weight excluding hydrogens is 298 g/mol. The fourth-order valence-electron chi connectivity index (χ4n) is 3.42. The molecule has 0 bridgehead atoms. The van der Waals surface area contributed by atoms with Gasteiger partial charge in [0.15, 0.2) is 0 Å². The lowest BCUT2D eigenvalue weighted by Gasteiger charge is -2.33. The van der Waals surface area contributed by atoms with E-state index in [1.165, 1.54) is 38.0 Å².